The molecule has 0 aliphatic rings. The third-order valence-electron chi connectivity index (χ3n) is 10.9. The zero-order valence-electron chi connectivity index (χ0n) is 40.4. The van der Waals surface area contributed by atoms with Gasteiger partial charge < -0.3 is 14.6 Å². The second-order valence-corrected chi connectivity index (χ2v) is 16.9. The van der Waals surface area contributed by atoms with E-state index in [0.29, 0.717) is 12.8 Å². The summed E-state index contributed by atoms with van der Waals surface area (Å²) in [5, 5.41) is 9.62. The van der Waals surface area contributed by atoms with Gasteiger partial charge in [-0.2, -0.15) is 0 Å². The molecule has 5 heteroatoms. The Hall–Kier alpha value is -3.18. The second kappa shape index (κ2) is 52.2. The van der Waals surface area contributed by atoms with E-state index in [-0.39, 0.29) is 25.2 Å². The molecule has 1 N–H and O–H groups in total. The topological polar surface area (TPSA) is 72.8 Å². The third kappa shape index (κ3) is 49.5. The number of hydrogen-bond acceptors (Lipinski definition) is 5. The van der Waals surface area contributed by atoms with Gasteiger partial charge in [0.25, 0.3) is 0 Å². The third-order valence-corrected chi connectivity index (χ3v) is 10.9. The Kier molecular flexibility index (Phi) is 49.5. The molecule has 0 radical (unpaired) electrons. The molecule has 0 spiro atoms. The Morgan fingerprint density at radius 3 is 1.05 bits per heavy atom. The predicted octanol–water partition coefficient (Wildman–Crippen LogP) is 17.2. The first kappa shape index (κ1) is 58.8. The smallest absolute Gasteiger partial charge is 0.306 e. The number of unbranched alkanes of at least 4 members (excludes halogenated alkanes) is 22. The summed E-state index contributed by atoms with van der Waals surface area (Å²) in [4.78, 5) is 24.4. The quantitative estimate of drug-likeness (QED) is 0.0375. The minimum absolute atomic E-state index is 0.0743. The van der Waals surface area contributed by atoms with Crippen molar-refractivity contribution in [3.63, 3.8) is 0 Å². The average molecular weight is 861 g/mol. The van der Waals surface area contributed by atoms with Gasteiger partial charge in [-0.25, -0.2) is 0 Å². The molecule has 1 unspecified atom stereocenters. The van der Waals surface area contributed by atoms with E-state index in [1.54, 1.807) is 0 Å². The van der Waals surface area contributed by atoms with Crippen LogP contribution in [0.25, 0.3) is 0 Å². The van der Waals surface area contributed by atoms with Gasteiger partial charge in [0.1, 0.15) is 6.61 Å². The molecule has 0 aromatic rings. The fourth-order valence-electron chi connectivity index (χ4n) is 7.00. The van der Waals surface area contributed by atoms with Crippen LogP contribution < -0.4 is 0 Å². The molecule has 0 saturated carbocycles. The molecular weight excluding hydrogens is 765 g/mol. The Balaban J connectivity index is 3.54. The van der Waals surface area contributed by atoms with E-state index in [9.17, 15) is 14.7 Å². The summed E-state index contributed by atoms with van der Waals surface area (Å²) in [6.45, 7) is 4.00. The Morgan fingerprint density at radius 2 is 0.694 bits per heavy atom. The van der Waals surface area contributed by atoms with Gasteiger partial charge in [-0.1, -0.05) is 220 Å². The molecule has 0 fully saturated rings. The predicted molar refractivity (Wildman–Crippen MR) is 269 cm³/mol. The number of allylic oxidation sites excluding steroid dienone is 16. The lowest BCUT2D eigenvalue weighted by Gasteiger charge is -2.15. The van der Waals surface area contributed by atoms with Crippen LogP contribution in [0.1, 0.15) is 232 Å². The lowest BCUT2D eigenvalue weighted by molar-refractivity contribution is -0.161. The minimum atomic E-state index is -0.782. The highest BCUT2D eigenvalue weighted by Gasteiger charge is 2.16. The van der Waals surface area contributed by atoms with Crippen LogP contribution in [0.2, 0.25) is 0 Å². The normalized spacial score (nSPS) is 13.0. The van der Waals surface area contributed by atoms with Crippen molar-refractivity contribution in [2.24, 2.45) is 0 Å². The fourth-order valence-corrected chi connectivity index (χ4v) is 7.00. The molecule has 0 saturated heterocycles. The first-order valence-corrected chi connectivity index (χ1v) is 25.8. The number of ether oxygens (including phenoxy) is 2. The Morgan fingerprint density at radius 1 is 0.387 bits per heavy atom. The van der Waals surface area contributed by atoms with Crippen molar-refractivity contribution in [3.05, 3.63) is 97.2 Å². The van der Waals surface area contributed by atoms with Gasteiger partial charge in [0.15, 0.2) is 6.10 Å². The highest BCUT2D eigenvalue weighted by Crippen LogP contribution is 2.15. The van der Waals surface area contributed by atoms with Gasteiger partial charge in [0, 0.05) is 12.8 Å². The number of aliphatic hydroxyl groups excluding tert-OH is 1. The molecule has 1 atom stereocenters. The Bertz CT molecular complexity index is 1200. The van der Waals surface area contributed by atoms with E-state index in [1.807, 2.05) is 0 Å². The van der Waals surface area contributed by atoms with E-state index in [4.69, 9.17) is 9.47 Å². The molecular formula is C57H96O5. The maximum absolute atomic E-state index is 12.3. The van der Waals surface area contributed by atoms with Crippen LogP contribution in [0.4, 0.5) is 0 Å². The number of hydrogen-bond donors (Lipinski definition) is 1. The van der Waals surface area contributed by atoms with Crippen LogP contribution in [-0.2, 0) is 19.1 Å². The van der Waals surface area contributed by atoms with Crippen LogP contribution in [-0.4, -0.2) is 36.4 Å². The Labute approximate surface area is 383 Å². The molecule has 0 heterocycles. The van der Waals surface area contributed by atoms with Crippen LogP contribution in [0, 0.1) is 0 Å². The van der Waals surface area contributed by atoms with Crippen molar-refractivity contribution in [1.82, 2.24) is 0 Å². The maximum atomic E-state index is 12.3. The molecule has 0 rings (SSSR count). The average Bonchev–Trinajstić information content (AvgIpc) is 3.28. The van der Waals surface area contributed by atoms with Crippen molar-refractivity contribution in [2.45, 2.75) is 238 Å². The molecule has 0 bridgehead atoms. The largest absolute Gasteiger partial charge is 0.462 e. The van der Waals surface area contributed by atoms with Crippen molar-refractivity contribution < 1.29 is 24.2 Å². The maximum Gasteiger partial charge on any atom is 0.306 e. The number of esters is 2. The first-order valence-electron chi connectivity index (χ1n) is 25.8. The summed E-state index contributed by atoms with van der Waals surface area (Å²) in [5.74, 6) is -0.603. The standard InChI is InChI=1S/C57H96O5/c1-3-5-7-9-11-13-15-17-19-21-22-23-24-25-26-27-28-29-30-31-32-33-34-36-38-40-42-44-46-48-50-52-57(60)62-55(53-58)54-61-56(59)51-49-47-45-43-41-39-37-35-20-18-16-14-12-10-8-6-4-2/h5,7,11-14,17-20,22-23,25-26,28-29,55,58H,3-4,6,8-10,15-16,21,24,27,30-54H2,1-2H3/b7-5-,13-11-,14-12-,19-17-,20-18-,23-22-,26-25-,29-28-. The number of carbonyl (C=O) groups excluding carboxylic acids is 2. The summed E-state index contributed by atoms with van der Waals surface area (Å²) >= 11 is 0. The zero-order valence-corrected chi connectivity index (χ0v) is 40.4. The molecule has 62 heavy (non-hydrogen) atoms. The summed E-state index contributed by atoms with van der Waals surface area (Å²) in [6, 6.07) is 0. The molecule has 5 nitrogen and oxygen atoms in total. The van der Waals surface area contributed by atoms with E-state index in [1.165, 1.54) is 116 Å². The molecule has 0 aliphatic heterocycles. The number of carbonyl (C=O) groups is 2. The van der Waals surface area contributed by atoms with Crippen molar-refractivity contribution in [1.29, 1.82) is 0 Å². The van der Waals surface area contributed by atoms with Gasteiger partial charge in [0.2, 0.25) is 0 Å². The van der Waals surface area contributed by atoms with Gasteiger partial charge >= 0.3 is 11.9 Å². The molecule has 0 aliphatic carbocycles. The highest BCUT2D eigenvalue weighted by atomic mass is 16.6. The minimum Gasteiger partial charge on any atom is -0.462 e. The number of aliphatic hydroxyl groups is 1. The fraction of sp³-hybridized carbons (Fsp3) is 0.684. The van der Waals surface area contributed by atoms with Gasteiger partial charge in [-0.15, -0.1) is 0 Å². The van der Waals surface area contributed by atoms with Crippen LogP contribution in [0.15, 0.2) is 97.2 Å². The monoisotopic (exact) mass is 861 g/mol. The van der Waals surface area contributed by atoms with Crippen LogP contribution >= 0.6 is 0 Å². The van der Waals surface area contributed by atoms with Gasteiger partial charge in [-0.05, 0) is 96.3 Å². The summed E-state index contributed by atoms with van der Waals surface area (Å²) in [6.07, 6.45) is 73.5. The second-order valence-electron chi connectivity index (χ2n) is 16.9. The van der Waals surface area contributed by atoms with Crippen molar-refractivity contribution >= 4 is 11.9 Å². The van der Waals surface area contributed by atoms with Crippen LogP contribution in [0.5, 0.6) is 0 Å². The first-order chi connectivity index (χ1) is 30.6. The number of rotatable bonds is 46. The lowest BCUT2D eigenvalue weighted by atomic mass is 10.0. The molecule has 0 aromatic carbocycles. The van der Waals surface area contributed by atoms with Crippen LogP contribution in [0.3, 0.4) is 0 Å². The molecule has 0 amide bonds. The van der Waals surface area contributed by atoms with Crippen molar-refractivity contribution in [3.8, 4) is 0 Å². The van der Waals surface area contributed by atoms with E-state index in [0.717, 1.165) is 89.9 Å². The van der Waals surface area contributed by atoms with Gasteiger partial charge in [-0.3, -0.25) is 9.59 Å². The van der Waals surface area contributed by atoms with E-state index in [2.05, 4.69) is 111 Å². The van der Waals surface area contributed by atoms with Gasteiger partial charge in [0.05, 0.1) is 6.61 Å². The zero-order chi connectivity index (χ0) is 44.9. The van der Waals surface area contributed by atoms with Crippen molar-refractivity contribution in [2.75, 3.05) is 13.2 Å². The molecule has 354 valence electrons. The summed E-state index contributed by atoms with van der Waals surface area (Å²) in [7, 11) is 0. The summed E-state index contributed by atoms with van der Waals surface area (Å²) in [5.41, 5.74) is 0. The molecule has 0 aromatic heterocycles. The SMILES string of the molecule is CC/C=C\C/C=C\C/C=C\C/C=C\C/C=C\C/C=C\CCCCCCCCCCCCCCC(=O)OC(CO)COC(=O)CCCCCCCCC/C=C\C/C=C\CCCCC. The van der Waals surface area contributed by atoms with E-state index >= 15 is 0 Å². The van der Waals surface area contributed by atoms with E-state index < -0.39 is 6.10 Å². The lowest BCUT2D eigenvalue weighted by Crippen LogP contribution is -2.28. The summed E-state index contributed by atoms with van der Waals surface area (Å²) < 4.78 is 10.7. The highest BCUT2D eigenvalue weighted by molar-refractivity contribution is 5.70.